The zero-order valence-electron chi connectivity index (χ0n) is 16.7. The fourth-order valence-corrected chi connectivity index (χ4v) is 3.76. The second-order valence-electron chi connectivity index (χ2n) is 6.40. The Morgan fingerprint density at radius 2 is 1.79 bits per heavy atom. The molecule has 2 rings (SSSR count). The summed E-state index contributed by atoms with van der Waals surface area (Å²) in [6.07, 6.45) is 3.29. The molecular weight excluding hydrogens is 412 g/mol. The molecule has 1 N–H and O–H groups in total. The molecule has 158 valence electrons. The molecule has 0 aliphatic rings. The molecule has 1 atom stereocenters. The number of hydrogen-bond donors (Lipinski definition) is 1. The number of carbonyl (C=O) groups is 1. The van der Waals surface area contributed by atoms with Crippen LogP contribution in [0.4, 0.5) is 0 Å². The Hall–Kier alpha value is -2.05. The van der Waals surface area contributed by atoms with Crippen molar-refractivity contribution in [3.05, 3.63) is 47.5 Å². The van der Waals surface area contributed by atoms with Crippen molar-refractivity contribution in [3.63, 3.8) is 0 Å². The predicted molar refractivity (Wildman–Crippen MR) is 117 cm³/mol. The van der Waals surface area contributed by atoms with Crippen LogP contribution in [0.2, 0.25) is 5.02 Å². The second kappa shape index (κ2) is 12.5. The third-order valence-corrected chi connectivity index (χ3v) is 5.64. The molecule has 0 radical (unpaired) electrons. The molecule has 0 amide bonds. The molecule has 0 aromatic heterocycles. The average Bonchev–Trinajstić information content (AvgIpc) is 2.72. The zero-order chi connectivity index (χ0) is 21.1. The number of halogens is 1. The van der Waals surface area contributed by atoms with Crippen molar-refractivity contribution in [2.75, 3.05) is 20.3 Å². The van der Waals surface area contributed by atoms with E-state index in [-0.39, 0.29) is 0 Å². The normalized spacial score (nSPS) is 11.7. The lowest BCUT2D eigenvalue weighted by Crippen LogP contribution is -2.15. The summed E-state index contributed by atoms with van der Waals surface area (Å²) in [7, 11) is 1.58. The number of unbranched alkanes of at least 4 members (excludes halogenated alkanes) is 1. The third kappa shape index (κ3) is 8.07. The lowest BCUT2D eigenvalue weighted by Gasteiger charge is -2.13. The smallest absolute Gasteiger partial charge is 0.316 e. The molecule has 0 heterocycles. The van der Waals surface area contributed by atoms with Gasteiger partial charge in [-0.3, -0.25) is 4.79 Å². The van der Waals surface area contributed by atoms with Crippen LogP contribution in [-0.4, -0.2) is 36.6 Å². The molecule has 7 heteroatoms. The standard InChI is InChI=1S/C22H27ClO5S/c1-3-4-6-21(22(24)25)29-18-10-8-17(9-11-18)27-13-5-14-28-19-12-7-16(23)15-20(19)26-2/h7-12,15,21H,3-6,13-14H2,1-2H3,(H,24,25). The summed E-state index contributed by atoms with van der Waals surface area (Å²) >= 11 is 7.32. The minimum absolute atomic E-state index is 0.413. The van der Waals surface area contributed by atoms with Crippen LogP contribution in [0.3, 0.4) is 0 Å². The van der Waals surface area contributed by atoms with Crippen molar-refractivity contribution in [2.45, 2.75) is 42.8 Å². The first kappa shape index (κ1) is 23.2. The Morgan fingerprint density at radius 1 is 1.07 bits per heavy atom. The fourth-order valence-electron chi connectivity index (χ4n) is 2.59. The number of aliphatic carboxylic acids is 1. The molecular formula is C22H27ClO5S. The Morgan fingerprint density at radius 3 is 2.45 bits per heavy atom. The van der Waals surface area contributed by atoms with Gasteiger partial charge in [0, 0.05) is 22.4 Å². The average molecular weight is 439 g/mol. The number of thioether (sulfide) groups is 1. The fraction of sp³-hybridized carbons (Fsp3) is 0.409. The van der Waals surface area contributed by atoms with E-state index in [1.165, 1.54) is 11.8 Å². The van der Waals surface area contributed by atoms with Gasteiger partial charge >= 0.3 is 5.97 Å². The van der Waals surface area contributed by atoms with Crippen LogP contribution in [-0.2, 0) is 4.79 Å². The van der Waals surface area contributed by atoms with Crippen molar-refractivity contribution in [1.29, 1.82) is 0 Å². The van der Waals surface area contributed by atoms with Gasteiger partial charge in [0.2, 0.25) is 0 Å². The van der Waals surface area contributed by atoms with E-state index in [2.05, 4.69) is 6.92 Å². The quantitative estimate of drug-likeness (QED) is 0.308. The van der Waals surface area contributed by atoms with Crippen molar-refractivity contribution >= 4 is 29.3 Å². The highest BCUT2D eigenvalue weighted by Gasteiger charge is 2.18. The van der Waals surface area contributed by atoms with Crippen LogP contribution in [0, 0.1) is 0 Å². The summed E-state index contributed by atoms with van der Waals surface area (Å²) in [5.74, 6) is 1.24. The summed E-state index contributed by atoms with van der Waals surface area (Å²) in [4.78, 5) is 12.3. The maximum atomic E-state index is 11.4. The predicted octanol–water partition coefficient (Wildman–Crippen LogP) is 5.93. The van der Waals surface area contributed by atoms with Crippen molar-refractivity contribution < 1.29 is 24.1 Å². The first-order chi connectivity index (χ1) is 14.0. The molecule has 1 unspecified atom stereocenters. The number of methoxy groups -OCH3 is 1. The summed E-state index contributed by atoms with van der Waals surface area (Å²) in [6.45, 7) is 3.06. The van der Waals surface area contributed by atoms with Crippen LogP contribution in [0.1, 0.15) is 32.6 Å². The SMILES string of the molecule is CCCCC(Sc1ccc(OCCCOc2ccc(Cl)cc2OC)cc1)C(=O)O. The first-order valence-electron chi connectivity index (χ1n) is 9.62. The minimum Gasteiger partial charge on any atom is -0.493 e. The monoisotopic (exact) mass is 438 g/mol. The van der Waals surface area contributed by atoms with Crippen LogP contribution >= 0.6 is 23.4 Å². The van der Waals surface area contributed by atoms with E-state index in [0.29, 0.717) is 42.6 Å². The van der Waals surface area contributed by atoms with Crippen LogP contribution in [0.15, 0.2) is 47.4 Å². The Labute approximate surface area is 181 Å². The first-order valence-corrected chi connectivity index (χ1v) is 10.9. The van der Waals surface area contributed by atoms with Crippen molar-refractivity contribution in [3.8, 4) is 17.2 Å². The minimum atomic E-state index is -0.763. The van der Waals surface area contributed by atoms with Gasteiger partial charge in [-0.15, -0.1) is 11.8 Å². The number of hydrogen-bond acceptors (Lipinski definition) is 5. The maximum Gasteiger partial charge on any atom is 0.316 e. The summed E-state index contributed by atoms with van der Waals surface area (Å²) in [5.41, 5.74) is 0. The Bertz CT molecular complexity index is 766. The van der Waals surface area contributed by atoms with E-state index < -0.39 is 11.2 Å². The van der Waals surface area contributed by atoms with Crippen LogP contribution in [0.5, 0.6) is 17.2 Å². The summed E-state index contributed by atoms with van der Waals surface area (Å²) in [5, 5.41) is 9.52. The zero-order valence-corrected chi connectivity index (χ0v) is 18.3. The number of benzene rings is 2. The van der Waals surface area contributed by atoms with Gasteiger partial charge in [-0.1, -0.05) is 31.4 Å². The van der Waals surface area contributed by atoms with Gasteiger partial charge in [-0.05, 0) is 42.8 Å². The highest BCUT2D eigenvalue weighted by molar-refractivity contribution is 8.00. The molecule has 0 fully saturated rings. The molecule has 2 aromatic rings. The largest absolute Gasteiger partial charge is 0.493 e. The van der Waals surface area contributed by atoms with E-state index >= 15 is 0 Å². The lowest BCUT2D eigenvalue weighted by atomic mass is 10.2. The molecule has 0 aliphatic heterocycles. The molecule has 29 heavy (non-hydrogen) atoms. The van der Waals surface area contributed by atoms with Gasteiger partial charge in [-0.25, -0.2) is 0 Å². The molecule has 0 bridgehead atoms. The van der Waals surface area contributed by atoms with E-state index in [0.717, 1.165) is 23.5 Å². The number of carboxylic acids is 1. The number of rotatable bonds is 13. The van der Waals surface area contributed by atoms with Gasteiger partial charge < -0.3 is 19.3 Å². The van der Waals surface area contributed by atoms with E-state index in [1.54, 1.807) is 25.3 Å². The van der Waals surface area contributed by atoms with Crippen molar-refractivity contribution in [2.24, 2.45) is 0 Å². The Balaban J connectivity index is 1.74. The van der Waals surface area contributed by atoms with Crippen LogP contribution < -0.4 is 14.2 Å². The molecule has 5 nitrogen and oxygen atoms in total. The highest BCUT2D eigenvalue weighted by Crippen LogP contribution is 2.30. The Kier molecular flexibility index (Phi) is 10.0. The summed E-state index contributed by atoms with van der Waals surface area (Å²) < 4.78 is 16.7. The summed E-state index contributed by atoms with van der Waals surface area (Å²) in [6, 6.07) is 12.8. The van der Waals surface area contributed by atoms with Gasteiger partial charge in [0.25, 0.3) is 0 Å². The van der Waals surface area contributed by atoms with Crippen LogP contribution in [0.25, 0.3) is 0 Å². The molecule has 0 saturated carbocycles. The lowest BCUT2D eigenvalue weighted by molar-refractivity contribution is -0.136. The highest BCUT2D eigenvalue weighted by atomic mass is 35.5. The van der Waals surface area contributed by atoms with Gasteiger partial charge in [-0.2, -0.15) is 0 Å². The number of carboxylic acid groups (broad SMARTS) is 1. The van der Waals surface area contributed by atoms with E-state index in [4.69, 9.17) is 25.8 Å². The van der Waals surface area contributed by atoms with Gasteiger partial charge in [0.15, 0.2) is 11.5 Å². The third-order valence-electron chi connectivity index (χ3n) is 4.14. The van der Waals surface area contributed by atoms with Crippen molar-refractivity contribution in [1.82, 2.24) is 0 Å². The molecule has 0 saturated heterocycles. The van der Waals surface area contributed by atoms with Gasteiger partial charge in [0.05, 0.1) is 20.3 Å². The van der Waals surface area contributed by atoms with Gasteiger partial charge in [0.1, 0.15) is 11.0 Å². The van der Waals surface area contributed by atoms with E-state index in [1.807, 2.05) is 24.3 Å². The van der Waals surface area contributed by atoms with E-state index in [9.17, 15) is 9.90 Å². The number of ether oxygens (including phenoxy) is 3. The topological polar surface area (TPSA) is 65.0 Å². The second-order valence-corrected chi connectivity index (χ2v) is 8.12. The maximum absolute atomic E-state index is 11.4. The molecule has 0 spiro atoms. The molecule has 0 aliphatic carbocycles. The molecule has 2 aromatic carbocycles.